The first-order valence-electron chi connectivity index (χ1n) is 30.3. The monoisotopic (exact) mass is 1140 g/mol. The molecule has 2 aliphatic heterocycles. The summed E-state index contributed by atoms with van der Waals surface area (Å²) in [6.45, 7) is 6.94. The molecule has 16 rings (SSSR count). The molecule has 0 spiro atoms. The molecule has 13 aromatic carbocycles. The summed E-state index contributed by atoms with van der Waals surface area (Å²) < 4.78 is 2.59. The molecule has 0 bridgehead atoms. The van der Waals surface area contributed by atoms with Crippen LogP contribution >= 0.6 is 11.8 Å². The number of rotatable bonds is 10. The van der Waals surface area contributed by atoms with Gasteiger partial charge in [-0.05, 0) is 118 Å². The van der Waals surface area contributed by atoms with E-state index in [9.17, 15) is 0 Å². The van der Waals surface area contributed by atoms with Gasteiger partial charge in [0.1, 0.15) is 0 Å². The molecule has 0 saturated carbocycles. The number of anilines is 3. The second kappa shape index (κ2) is 21.3. The van der Waals surface area contributed by atoms with E-state index < -0.39 is 8.07 Å². The van der Waals surface area contributed by atoms with E-state index >= 15 is 0 Å². The molecule has 2 aliphatic rings. The minimum atomic E-state index is -2.91. The molecule has 2 nitrogen and oxygen atoms in total. The maximum absolute atomic E-state index is 2.91. The van der Waals surface area contributed by atoms with Crippen LogP contribution in [-0.4, -0.2) is 19.4 Å². The van der Waals surface area contributed by atoms with Crippen LogP contribution in [0, 0.1) is 0 Å². The van der Waals surface area contributed by atoms with E-state index in [-0.39, 0.29) is 12.1 Å². The zero-order valence-corrected chi connectivity index (χ0v) is 50.7. The highest BCUT2D eigenvalue weighted by Gasteiger charge is 2.44. The summed E-state index contributed by atoms with van der Waals surface area (Å²) in [6.07, 6.45) is 0. The fraction of sp³-hybridized carbons (Fsp3) is 0.0488. The van der Waals surface area contributed by atoms with Crippen LogP contribution in [0.15, 0.2) is 325 Å². The number of benzene rings is 13. The van der Waals surface area contributed by atoms with Crippen molar-refractivity contribution in [2.24, 2.45) is 0 Å². The Morgan fingerprint density at radius 3 is 1.34 bits per heavy atom. The highest BCUT2D eigenvalue weighted by molar-refractivity contribution is 8.00. The van der Waals surface area contributed by atoms with Crippen LogP contribution in [0.25, 0.3) is 72.0 Å². The van der Waals surface area contributed by atoms with Crippen LogP contribution in [0.3, 0.4) is 0 Å². The predicted molar refractivity (Wildman–Crippen MR) is 375 cm³/mol. The molecule has 412 valence electrons. The Kier molecular flexibility index (Phi) is 12.9. The Balaban J connectivity index is 1.02. The van der Waals surface area contributed by atoms with Gasteiger partial charge in [-0.2, -0.15) is 0 Å². The van der Waals surface area contributed by atoms with Crippen LogP contribution in [0.2, 0.25) is 0 Å². The predicted octanol–water partition coefficient (Wildman–Crippen LogP) is 16.9. The van der Waals surface area contributed by atoms with Crippen LogP contribution in [0.4, 0.5) is 17.1 Å². The van der Waals surface area contributed by atoms with Gasteiger partial charge in [0.15, 0.2) is 8.07 Å². The highest BCUT2D eigenvalue weighted by atomic mass is 32.2. The standard InChI is InChI=1S/C82H61BN2SSi/c1-82(2,3)62-44-47-74-70(52-62)71-55-67(87(64-34-19-8-20-35-64,65-36-21-9-22-37-65)66-38-23-10-24-39-66)45-48-75(71)84(74)63-53-77-80-79(54-63)86-78-49-43-61(57-28-13-5-14-29-57)51-73(78)83(80)72-50-60(56-26-11-4-12-27-56)42-46-76(72)85(77)81-68(58-30-15-6-16-31-58)40-25-41-69(81)59-32-17-7-18-33-59/h4-55H,1-3H3. The Morgan fingerprint density at radius 2 is 0.816 bits per heavy atom. The van der Waals surface area contributed by atoms with Crippen LogP contribution < -0.4 is 42.0 Å². The Morgan fingerprint density at radius 1 is 0.345 bits per heavy atom. The van der Waals surface area contributed by atoms with Crippen molar-refractivity contribution in [1.82, 2.24) is 4.57 Å². The van der Waals surface area contributed by atoms with E-state index in [2.05, 4.69) is 346 Å². The maximum atomic E-state index is 2.66. The summed E-state index contributed by atoms with van der Waals surface area (Å²) in [5, 5.41) is 7.94. The van der Waals surface area contributed by atoms with Gasteiger partial charge in [0, 0.05) is 48.8 Å². The first kappa shape index (κ1) is 52.6. The summed E-state index contributed by atoms with van der Waals surface area (Å²) in [4.78, 5) is 5.19. The number of fused-ring (bicyclic) bond motifs is 7. The fourth-order valence-corrected chi connectivity index (χ4v) is 20.2. The number of aromatic nitrogens is 1. The highest BCUT2D eigenvalue weighted by Crippen LogP contribution is 2.51. The second-order valence-electron chi connectivity index (χ2n) is 24.3. The van der Waals surface area contributed by atoms with Gasteiger partial charge in [-0.3, -0.25) is 0 Å². The lowest BCUT2D eigenvalue weighted by atomic mass is 9.34. The van der Waals surface area contributed by atoms with Gasteiger partial charge in [0.2, 0.25) is 6.71 Å². The molecule has 0 radical (unpaired) electrons. The van der Waals surface area contributed by atoms with Gasteiger partial charge < -0.3 is 9.47 Å². The molecule has 0 saturated heterocycles. The Hall–Kier alpha value is -9.91. The van der Waals surface area contributed by atoms with E-state index in [0.29, 0.717) is 0 Å². The maximum Gasteiger partial charge on any atom is 0.249 e. The average Bonchev–Trinajstić information content (AvgIpc) is 1.56. The number of nitrogens with zero attached hydrogens (tertiary/aromatic N) is 2. The molecule has 1 aromatic heterocycles. The minimum Gasteiger partial charge on any atom is -0.310 e. The quantitative estimate of drug-likeness (QED) is 0.0996. The summed E-state index contributed by atoms with van der Waals surface area (Å²) in [5.74, 6) is 0. The molecule has 0 N–H and O–H groups in total. The van der Waals surface area contributed by atoms with E-state index in [1.807, 2.05) is 11.8 Å². The molecule has 0 aliphatic carbocycles. The summed E-state index contributed by atoms with van der Waals surface area (Å²) in [7, 11) is -2.91. The minimum absolute atomic E-state index is 0.0787. The smallest absolute Gasteiger partial charge is 0.249 e. The zero-order chi connectivity index (χ0) is 58.2. The van der Waals surface area contributed by atoms with Crippen molar-refractivity contribution < 1.29 is 0 Å². The molecule has 3 heterocycles. The molecule has 87 heavy (non-hydrogen) atoms. The third-order valence-corrected chi connectivity index (χ3v) is 24.3. The van der Waals surface area contributed by atoms with Crippen molar-refractivity contribution >= 4 is 103 Å². The number of hydrogen-bond donors (Lipinski definition) is 0. The van der Waals surface area contributed by atoms with Crippen molar-refractivity contribution in [3.8, 4) is 50.2 Å². The molecule has 0 fully saturated rings. The Bertz CT molecular complexity index is 4760. The van der Waals surface area contributed by atoms with E-state index in [4.69, 9.17) is 0 Å². The van der Waals surface area contributed by atoms with Gasteiger partial charge >= 0.3 is 0 Å². The van der Waals surface area contributed by atoms with Crippen LogP contribution in [0.5, 0.6) is 0 Å². The van der Waals surface area contributed by atoms with Crippen molar-refractivity contribution in [3.63, 3.8) is 0 Å². The summed E-state index contributed by atoms with van der Waals surface area (Å²) in [6, 6.07) is 119. The summed E-state index contributed by atoms with van der Waals surface area (Å²) in [5.41, 5.74) is 21.7. The van der Waals surface area contributed by atoms with Crippen LogP contribution in [-0.2, 0) is 5.41 Å². The third-order valence-electron chi connectivity index (χ3n) is 18.3. The van der Waals surface area contributed by atoms with Gasteiger partial charge in [-0.25, -0.2) is 0 Å². The number of para-hydroxylation sites is 1. The van der Waals surface area contributed by atoms with Crippen molar-refractivity contribution in [2.75, 3.05) is 4.90 Å². The molecule has 14 aromatic rings. The van der Waals surface area contributed by atoms with Crippen molar-refractivity contribution in [3.05, 3.63) is 321 Å². The summed E-state index contributed by atoms with van der Waals surface area (Å²) >= 11 is 1.92. The molecular formula is C82H61BN2SSi. The second-order valence-corrected chi connectivity index (χ2v) is 29.2. The van der Waals surface area contributed by atoms with E-state index in [0.717, 1.165) is 11.4 Å². The Labute approximate surface area is 515 Å². The number of hydrogen-bond acceptors (Lipinski definition) is 2. The first-order chi connectivity index (χ1) is 42.8. The lowest BCUT2D eigenvalue weighted by molar-refractivity contribution is 0.591. The first-order valence-corrected chi connectivity index (χ1v) is 33.2. The molecule has 0 unspecified atom stereocenters. The van der Waals surface area contributed by atoms with Gasteiger partial charge in [-0.1, -0.05) is 311 Å². The normalized spacial score (nSPS) is 12.7. The van der Waals surface area contributed by atoms with Gasteiger partial charge in [-0.15, -0.1) is 0 Å². The van der Waals surface area contributed by atoms with E-state index in [1.165, 1.54) is 130 Å². The average molecular weight is 1150 g/mol. The third kappa shape index (κ3) is 8.78. The largest absolute Gasteiger partial charge is 0.310 e. The zero-order valence-electron chi connectivity index (χ0n) is 48.9. The van der Waals surface area contributed by atoms with Crippen molar-refractivity contribution in [1.29, 1.82) is 0 Å². The molecule has 0 amide bonds. The molecule has 0 atom stereocenters. The topological polar surface area (TPSA) is 8.17 Å². The molecular weight excluding hydrogens is 1080 g/mol. The fourth-order valence-electron chi connectivity index (χ4n) is 14.3. The lowest BCUT2D eigenvalue weighted by Crippen LogP contribution is -2.74. The van der Waals surface area contributed by atoms with Gasteiger partial charge in [0.25, 0.3) is 0 Å². The van der Waals surface area contributed by atoms with E-state index in [1.54, 1.807) is 0 Å². The van der Waals surface area contributed by atoms with Gasteiger partial charge in [0.05, 0.1) is 16.7 Å². The lowest BCUT2D eigenvalue weighted by Gasteiger charge is -2.42. The van der Waals surface area contributed by atoms with Crippen LogP contribution in [0.1, 0.15) is 26.3 Å². The molecule has 5 heteroatoms. The SMILES string of the molecule is CC(C)(C)c1ccc2c(c1)c1cc([Si](c3ccccc3)(c3ccccc3)c3ccccc3)ccc1n2-c1cc2c3c(c1)N(c1c(-c4ccccc4)cccc1-c1ccccc1)c1ccc(-c4ccccc4)cc1B3c1cc(-c3ccccc3)ccc1S2. The van der Waals surface area contributed by atoms with Crippen molar-refractivity contribution in [2.45, 2.75) is 36.0 Å².